The molecule has 0 atom stereocenters. The molecule has 0 unspecified atom stereocenters. The Bertz CT molecular complexity index is 390. The first-order chi connectivity index (χ1) is 7.16. The summed E-state index contributed by atoms with van der Waals surface area (Å²) in [5, 5.41) is 2.82. The van der Waals surface area contributed by atoms with Crippen LogP contribution in [0.5, 0.6) is 0 Å². The number of carbonyl (C=O) groups excluding carboxylic acids is 1. The van der Waals surface area contributed by atoms with Gasteiger partial charge in [0.15, 0.2) is 5.78 Å². The summed E-state index contributed by atoms with van der Waals surface area (Å²) in [5.41, 5.74) is 0.382. The lowest BCUT2D eigenvalue weighted by atomic mass is 10.2. The Morgan fingerprint density at radius 3 is 2.87 bits per heavy atom. The summed E-state index contributed by atoms with van der Waals surface area (Å²) >= 11 is 3.17. The van der Waals surface area contributed by atoms with Gasteiger partial charge in [-0.25, -0.2) is 4.39 Å². The van der Waals surface area contributed by atoms with Crippen LogP contribution in [0.4, 0.5) is 10.1 Å². The van der Waals surface area contributed by atoms with Gasteiger partial charge >= 0.3 is 0 Å². The fourth-order valence-corrected chi connectivity index (χ4v) is 1.70. The molecule has 1 saturated carbocycles. The van der Waals surface area contributed by atoms with Crippen molar-refractivity contribution in [1.82, 2.24) is 0 Å². The van der Waals surface area contributed by atoms with E-state index in [2.05, 4.69) is 21.2 Å². The van der Waals surface area contributed by atoms with Crippen molar-refractivity contribution in [3.05, 3.63) is 28.5 Å². The molecule has 0 saturated heterocycles. The number of hydrogen-bond donors (Lipinski definition) is 1. The van der Waals surface area contributed by atoms with E-state index in [-0.39, 0.29) is 24.1 Å². The Morgan fingerprint density at radius 2 is 2.27 bits per heavy atom. The molecule has 0 aromatic heterocycles. The lowest BCUT2D eigenvalue weighted by Crippen LogP contribution is -2.15. The minimum absolute atomic E-state index is 0.178. The standard InChI is InChI=1S/C11H11BrFNO/c12-8-3-4-10(9(13)5-8)14-6-11(15)7-1-2-7/h3-5,7,14H,1-2,6H2. The van der Waals surface area contributed by atoms with Gasteiger partial charge in [-0.1, -0.05) is 15.9 Å². The molecule has 2 nitrogen and oxygen atoms in total. The molecule has 1 aromatic carbocycles. The molecule has 2 rings (SSSR count). The summed E-state index contributed by atoms with van der Waals surface area (Å²) in [4.78, 5) is 11.4. The quantitative estimate of drug-likeness (QED) is 0.912. The van der Waals surface area contributed by atoms with Crippen molar-refractivity contribution in [1.29, 1.82) is 0 Å². The Balaban J connectivity index is 1.95. The van der Waals surface area contributed by atoms with Crippen LogP contribution in [0.15, 0.2) is 22.7 Å². The molecule has 0 bridgehead atoms. The maximum atomic E-state index is 13.3. The lowest BCUT2D eigenvalue weighted by molar-refractivity contribution is -0.118. The minimum atomic E-state index is -0.340. The van der Waals surface area contributed by atoms with Crippen LogP contribution in [0.25, 0.3) is 0 Å². The smallest absolute Gasteiger partial charge is 0.154 e. The molecule has 1 N–H and O–H groups in total. The van der Waals surface area contributed by atoms with Crippen LogP contribution in [0.2, 0.25) is 0 Å². The molecule has 0 amide bonds. The number of benzene rings is 1. The highest BCUT2D eigenvalue weighted by Crippen LogP contribution is 2.30. The van der Waals surface area contributed by atoms with E-state index in [9.17, 15) is 9.18 Å². The van der Waals surface area contributed by atoms with Crippen LogP contribution in [-0.4, -0.2) is 12.3 Å². The van der Waals surface area contributed by atoms with Crippen LogP contribution in [0.1, 0.15) is 12.8 Å². The second kappa shape index (κ2) is 4.31. The van der Waals surface area contributed by atoms with Crippen LogP contribution >= 0.6 is 15.9 Å². The van der Waals surface area contributed by atoms with E-state index < -0.39 is 0 Å². The fraction of sp³-hybridized carbons (Fsp3) is 0.364. The number of hydrogen-bond acceptors (Lipinski definition) is 2. The largest absolute Gasteiger partial charge is 0.376 e. The first kappa shape index (κ1) is 10.6. The third-order valence-electron chi connectivity index (χ3n) is 2.42. The molecule has 1 fully saturated rings. The van der Waals surface area contributed by atoms with E-state index in [1.54, 1.807) is 12.1 Å². The van der Waals surface area contributed by atoms with Gasteiger partial charge in [0.05, 0.1) is 12.2 Å². The SMILES string of the molecule is O=C(CNc1ccc(Br)cc1F)C1CC1. The van der Waals surface area contributed by atoms with Crippen molar-refractivity contribution in [2.75, 3.05) is 11.9 Å². The van der Waals surface area contributed by atoms with Gasteiger partial charge in [0.2, 0.25) is 0 Å². The first-order valence-electron chi connectivity index (χ1n) is 4.88. The van der Waals surface area contributed by atoms with Crippen LogP contribution in [0.3, 0.4) is 0 Å². The highest BCUT2D eigenvalue weighted by Gasteiger charge is 2.28. The van der Waals surface area contributed by atoms with E-state index >= 15 is 0 Å². The lowest BCUT2D eigenvalue weighted by Gasteiger charge is -2.06. The van der Waals surface area contributed by atoms with Crippen molar-refractivity contribution in [2.24, 2.45) is 5.92 Å². The van der Waals surface area contributed by atoms with Gasteiger partial charge in [-0.3, -0.25) is 4.79 Å². The Hall–Kier alpha value is -0.900. The molecule has 1 aliphatic rings. The topological polar surface area (TPSA) is 29.1 Å². The Labute approximate surface area is 96.0 Å². The third kappa shape index (κ3) is 2.78. The van der Waals surface area contributed by atoms with Crippen LogP contribution in [-0.2, 0) is 4.79 Å². The van der Waals surface area contributed by atoms with Crippen molar-refractivity contribution in [3.63, 3.8) is 0 Å². The van der Waals surface area contributed by atoms with E-state index in [0.29, 0.717) is 10.2 Å². The van der Waals surface area contributed by atoms with Gasteiger partial charge in [0, 0.05) is 10.4 Å². The number of nitrogens with one attached hydrogen (secondary N) is 1. The van der Waals surface area contributed by atoms with Crippen molar-refractivity contribution in [2.45, 2.75) is 12.8 Å². The number of carbonyl (C=O) groups is 1. The fourth-order valence-electron chi connectivity index (χ4n) is 1.36. The monoisotopic (exact) mass is 271 g/mol. The van der Waals surface area contributed by atoms with E-state index in [0.717, 1.165) is 12.8 Å². The molecule has 1 aliphatic carbocycles. The van der Waals surface area contributed by atoms with Crippen molar-refractivity contribution >= 4 is 27.4 Å². The van der Waals surface area contributed by atoms with Gasteiger partial charge < -0.3 is 5.32 Å². The van der Waals surface area contributed by atoms with Gasteiger partial charge in [0.1, 0.15) is 5.82 Å². The summed E-state index contributed by atoms with van der Waals surface area (Å²) in [7, 11) is 0. The van der Waals surface area contributed by atoms with E-state index in [4.69, 9.17) is 0 Å². The number of halogens is 2. The predicted octanol–water partition coefficient (Wildman–Crippen LogP) is 2.98. The van der Waals surface area contributed by atoms with Gasteiger partial charge in [0.25, 0.3) is 0 Å². The highest BCUT2D eigenvalue weighted by molar-refractivity contribution is 9.10. The summed E-state index contributed by atoms with van der Waals surface area (Å²) < 4.78 is 14.0. The second-order valence-electron chi connectivity index (χ2n) is 3.72. The summed E-state index contributed by atoms with van der Waals surface area (Å²) in [6.45, 7) is 0.225. The molecule has 0 heterocycles. The van der Waals surface area contributed by atoms with E-state index in [1.165, 1.54) is 6.07 Å². The summed E-state index contributed by atoms with van der Waals surface area (Å²) in [6.07, 6.45) is 1.98. The summed E-state index contributed by atoms with van der Waals surface area (Å²) in [6, 6.07) is 4.75. The second-order valence-corrected chi connectivity index (χ2v) is 4.63. The average Bonchev–Trinajstić information content (AvgIpc) is 2.99. The molecule has 0 aliphatic heterocycles. The van der Waals surface area contributed by atoms with Gasteiger partial charge in [-0.2, -0.15) is 0 Å². The zero-order valence-corrected chi connectivity index (χ0v) is 9.68. The molecule has 15 heavy (non-hydrogen) atoms. The first-order valence-corrected chi connectivity index (χ1v) is 5.68. The number of anilines is 1. The minimum Gasteiger partial charge on any atom is -0.376 e. The van der Waals surface area contributed by atoms with Crippen LogP contribution in [0, 0.1) is 11.7 Å². The van der Waals surface area contributed by atoms with Gasteiger partial charge in [-0.05, 0) is 31.0 Å². The van der Waals surface area contributed by atoms with Crippen molar-refractivity contribution < 1.29 is 9.18 Å². The van der Waals surface area contributed by atoms with E-state index in [1.807, 2.05) is 0 Å². The average molecular weight is 272 g/mol. The molecule has 0 radical (unpaired) electrons. The number of Topliss-reactive ketones (excluding diaryl/α,β-unsaturated/α-hetero) is 1. The normalized spacial score (nSPS) is 15.1. The Kier molecular flexibility index (Phi) is 3.05. The molecule has 80 valence electrons. The Morgan fingerprint density at radius 1 is 1.53 bits per heavy atom. The maximum Gasteiger partial charge on any atom is 0.154 e. The predicted molar refractivity (Wildman–Crippen MR) is 60.3 cm³/mol. The molecule has 1 aromatic rings. The molecular weight excluding hydrogens is 261 g/mol. The van der Waals surface area contributed by atoms with Crippen LogP contribution < -0.4 is 5.32 Å². The number of rotatable bonds is 4. The molecule has 0 spiro atoms. The zero-order chi connectivity index (χ0) is 10.8. The van der Waals surface area contributed by atoms with Crippen molar-refractivity contribution in [3.8, 4) is 0 Å². The molecular formula is C11H11BrFNO. The zero-order valence-electron chi connectivity index (χ0n) is 8.09. The highest BCUT2D eigenvalue weighted by atomic mass is 79.9. The summed E-state index contributed by atoms with van der Waals surface area (Å²) in [5.74, 6) is 0.0568. The number of ketones is 1. The van der Waals surface area contributed by atoms with Gasteiger partial charge in [-0.15, -0.1) is 0 Å². The maximum absolute atomic E-state index is 13.3. The third-order valence-corrected chi connectivity index (χ3v) is 2.91. The molecule has 4 heteroatoms.